The molecule has 3 aromatic carbocycles. The number of benzene rings is 3. The van der Waals surface area contributed by atoms with E-state index in [1.54, 1.807) is 18.5 Å². The van der Waals surface area contributed by atoms with Gasteiger partial charge < -0.3 is 4.42 Å². The van der Waals surface area contributed by atoms with E-state index < -0.39 is 0 Å². The van der Waals surface area contributed by atoms with E-state index in [1.807, 2.05) is 61.8 Å². The van der Waals surface area contributed by atoms with Crippen molar-refractivity contribution in [2.75, 3.05) is 0 Å². The minimum atomic E-state index is 0.577. The van der Waals surface area contributed by atoms with E-state index >= 15 is 0 Å². The first kappa shape index (κ1) is 25.0. The van der Waals surface area contributed by atoms with Crippen molar-refractivity contribution in [1.29, 1.82) is 0 Å². The van der Waals surface area contributed by atoms with Gasteiger partial charge in [-0.25, -0.2) is 4.98 Å². The second-order valence-electron chi connectivity index (χ2n) is 9.37. The Labute approximate surface area is 233 Å². The maximum Gasteiger partial charge on any atom is 0.227 e. The van der Waals surface area contributed by atoms with Crippen LogP contribution in [0.1, 0.15) is 12.5 Å². The lowest BCUT2D eigenvalue weighted by Crippen LogP contribution is -1.91. The summed E-state index contributed by atoms with van der Waals surface area (Å²) >= 11 is 0. The van der Waals surface area contributed by atoms with Crippen molar-refractivity contribution in [3.63, 3.8) is 0 Å². The maximum absolute atomic E-state index is 6.26. The molecule has 0 saturated carbocycles. The van der Waals surface area contributed by atoms with Gasteiger partial charge in [-0.1, -0.05) is 67.3 Å². The molecule has 4 nitrogen and oxygen atoms in total. The third-order valence-electron chi connectivity index (χ3n) is 6.83. The van der Waals surface area contributed by atoms with Crippen LogP contribution in [0.25, 0.3) is 61.5 Å². The summed E-state index contributed by atoms with van der Waals surface area (Å²) in [5, 5.41) is 0. The number of rotatable bonds is 7. The van der Waals surface area contributed by atoms with Gasteiger partial charge in [0.05, 0.1) is 0 Å². The number of aromatic nitrogens is 3. The molecule has 0 aliphatic carbocycles. The number of allylic oxidation sites excluding steroid dienone is 5. The molecule has 40 heavy (non-hydrogen) atoms. The van der Waals surface area contributed by atoms with Crippen molar-refractivity contribution in [3.05, 3.63) is 146 Å². The van der Waals surface area contributed by atoms with Gasteiger partial charge in [0, 0.05) is 41.5 Å². The Hall–Kier alpha value is -5.35. The molecule has 0 aliphatic heterocycles. The fourth-order valence-electron chi connectivity index (χ4n) is 4.85. The normalized spacial score (nSPS) is 11.8. The van der Waals surface area contributed by atoms with Gasteiger partial charge in [0.1, 0.15) is 5.52 Å². The fraction of sp³-hybridized carbons (Fsp3) is 0.0278. The molecule has 0 aliphatic rings. The molecule has 192 valence electrons. The zero-order valence-electron chi connectivity index (χ0n) is 22.2. The monoisotopic (exact) mass is 517 g/mol. The summed E-state index contributed by atoms with van der Waals surface area (Å²) in [5.41, 5.74) is 11.0. The van der Waals surface area contributed by atoms with Crippen molar-refractivity contribution in [3.8, 4) is 44.8 Å². The Morgan fingerprint density at radius 2 is 1.48 bits per heavy atom. The van der Waals surface area contributed by atoms with Crippen LogP contribution in [-0.2, 0) is 0 Å². The van der Waals surface area contributed by atoms with Crippen molar-refractivity contribution in [2.24, 2.45) is 0 Å². The molecule has 3 heterocycles. The van der Waals surface area contributed by atoms with Crippen molar-refractivity contribution in [2.45, 2.75) is 6.92 Å². The van der Waals surface area contributed by atoms with Crippen molar-refractivity contribution < 1.29 is 4.42 Å². The molecule has 0 unspecified atom stereocenters. The van der Waals surface area contributed by atoms with E-state index in [9.17, 15) is 0 Å². The van der Waals surface area contributed by atoms with E-state index in [0.717, 1.165) is 61.2 Å². The van der Waals surface area contributed by atoms with Crippen molar-refractivity contribution in [1.82, 2.24) is 15.0 Å². The quantitative estimate of drug-likeness (QED) is 0.198. The molecule has 3 aromatic heterocycles. The number of nitrogens with zero attached hydrogens (tertiary/aromatic N) is 3. The topological polar surface area (TPSA) is 51.8 Å². The Bertz CT molecular complexity index is 1830. The Morgan fingerprint density at radius 1 is 0.725 bits per heavy atom. The number of fused-ring (bicyclic) bond motifs is 1. The van der Waals surface area contributed by atoms with Crippen LogP contribution in [0.5, 0.6) is 0 Å². The smallest absolute Gasteiger partial charge is 0.227 e. The van der Waals surface area contributed by atoms with Crippen LogP contribution in [-0.4, -0.2) is 15.0 Å². The molecule has 0 amide bonds. The zero-order valence-corrected chi connectivity index (χ0v) is 22.2. The summed E-state index contributed by atoms with van der Waals surface area (Å²) < 4.78 is 6.26. The summed E-state index contributed by atoms with van der Waals surface area (Å²) in [6, 6.07) is 28.9. The highest BCUT2D eigenvalue weighted by atomic mass is 16.3. The average Bonchev–Trinajstić information content (AvgIpc) is 3.46. The van der Waals surface area contributed by atoms with Crippen LogP contribution in [0.3, 0.4) is 0 Å². The van der Waals surface area contributed by atoms with E-state index in [1.165, 1.54) is 0 Å². The average molecular weight is 518 g/mol. The van der Waals surface area contributed by atoms with E-state index in [-0.39, 0.29) is 0 Å². The molecule has 0 atom stereocenters. The van der Waals surface area contributed by atoms with Gasteiger partial charge in [-0.2, -0.15) is 0 Å². The first-order chi connectivity index (χ1) is 19.7. The molecule has 0 radical (unpaired) electrons. The second kappa shape index (κ2) is 11.2. The molecule has 4 heteroatoms. The van der Waals surface area contributed by atoms with Crippen LogP contribution in [0.15, 0.2) is 145 Å². The standard InChI is InChI=1S/C36H27N3O/c1-3-5-10-25(4-2)29-19-30(21-31(20-29)27-11-8-17-37-23-27)26-15-16-32(28-12-9-18-38-24-28)33(22-26)36-39-34-13-6-7-14-35(34)40-36/h3-24H,1H2,2H3/b10-5-,25-4+. The summed E-state index contributed by atoms with van der Waals surface area (Å²) in [7, 11) is 0. The summed E-state index contributed by atoms with van der Waals surface area (Å²) in [6.45, 7) is 5.89. The van der Waals surface area contributed by atoms with Crippen LogP contribution in [0.4, 0.5) is 0 Å². The maximum atomic E-state index is 6.26. The Kier molecular flexibility index (Phi) is 6.97. The number of hydrogen-bond donors (Lipinski definition) is 0. The molecule has 0 fully saturated rings. The first-order valence-corrected chi connectivity index (χ1v) is 13.2. The van der Waals surface area contributed by atoms with Gasteiger partial charge >= 0.3 is 0 Å². The van der Waals surface area contributed by atoms with E-state index in [0.29, 0.717) is 5.89 Å². The highest BCUT2D eigenvalue weighted by molar-refractivity contribution is 5.89. The summed E-state index contributed by atoms with van der Waals surface area (Å²) in [6.07, 6.45) is 15.3. The van der Waals surface area contributed by atoms with Gasteiger partial charge in [-0.05, 0) is 88.8 Å². The van der Waals surface area contributed by atoms with Gasteiger partial charge in [-0.3, -0.25) is 9.97 Å². The van der Waals surface area contributed by atoms with Crippen LogP contribution < -0.4 is 0 Å². The Balaban J connectivity index is 1.56. The van der Waals surface area contributed by atoms with Gasteiger partial charge in [0.2, 0.25) is 5.89 Å². The van der Waals surface area contributed by atoms with Crippen molar-refractivity contribution >= 4 is 16.7 Å². The second-order valence-corrected chi connectivity index (χ2v) is 9.37. The minimum absolute atomic E-state index is 0.577. The third kappa shape index (κ3) is 5.03. The molecule has 0 bridgehead atoms. The number of hydrogen-bond acceptors (Lipinski definition) is 4. The lowest BCUT2D eigenvalue weighted by Gasteiger charge is -2.14. The number of pyridine rings is 2. The van der Waals surface area contributed by atoms with Crippen LogP contribution >= 0.6 is 0 Å². The molecule has 0 spiro atoms. The molecule has 0 N–H and O–H groups in total. The highest BCUT2D eigenvalue weighted by Gasteiger charge is 2.16. The molecule has 6 rings (SSSR count). The van der Waals surface area contributed by atoms with Crippen LogP contribution in [0, 0.1) is 0 Å². The number of oxazole rings is 1. The summed E-state index contributed by atoms with van der Waals surface area (Å²) in [5.74, 6) is 0.577. The highest BCUT2D eigenvalue weighted by Crippen LogP contribution is 2.38. The van der Waals surface area contributed by atoms with Gasteiger partial charge in [0.25, 0.3) is 0 Å². The molecular weight excluding hydrogens is 490 g/mol. The predicted molar refractivity (Wildman–Crippen MR) is 164 cm³/mol. The third-order valence-corrected chi connectivity index (χ3v) is 6.83. The minimum Gasteiger partial charge on any atom is -0.436 e. The zero-order chi connectivity index (χ0) is 27.3. The van der Waals surface area contributed by atoms with E-state index in [4.69, 9.17) is 9.40 Å². The predicted octanol–water partition coefficient (Wildman–Crippen LogP) is 9.43. The van der Waals surface area contributed by atoms with Gasteiger partial charge in [0.15, 0.2) is 5.58 Å². The molecular formula is C36H27N3O. The molecule has 6 aromatic rings. The van der Waals surface area contributed by atoms with E-state index in [2.05, 4.69) is 77.2 Å². The lowest BCUT2D eigenvalue weighted by atomic mass is 9.91. The van der Waals surface area contributed by atoms with Gasteiger partial charge in [-0.15, -0.1) is 0 Å². The lowest BCUT2D eigenvalue weighted by molar-refractivity contribution is 0.620. The SMILES string of the molecule is C=C/C=C\C(=C/C)c1cc(-c2cccnc2)cc(-c2ccc(-c3cccnc3)c(-c3nc4ccccc4o3)c2)c1. The first-order valence-electron chi connectivity index (χ1n) is 13.2. The summed E-state index contributed by atoms with van der Waals surface area (Å²) in [4.78, 5) is 13.6. The fourth-order valence-corrected chi connectivity index (χ4v) is 4.85. The number of para-hydroxylation sites is 2. The molecule has 0 saturated heterocycles. The van der Waals surface area contributed by atoms with Crippen LogP contribution in [0.2, 0.25) is 0 Å². The Morgan fingerprint density at radius 3 is 2.17 bits per heavy atom. The largest absolute Gasteiger partial charge is 0.436 e.